The Balaban J connectivity index is 1.72. The van der Waals surface area contributed by atoms with Crippen LogP contribution < -0.4 is 10.1 Å². The number of rotatable bonds is 7. The number of nitrogens with one attached hydrogen (secondary N) is 1. The Kier molecular flexibility index (Phi) is 7.25. The first-order valence-corrected chi connectivity index (χ1v) is 12.2. The maximum absolute atomic E-state index is 12.4. The zero-order chi connectivity index (χ0) is 23.3. The van der Waals surface area contributed by atoms with Gasteiger partial charge in [0.15, 0.2) is 0 Å². The van der Waals surface area contributed by atoms with Crippen LogP contribution in [0.25, 0.3) is 6.08 Å². The van der Waals surface area contributed by atoms with E-state index in [1.165, 1.54) is 6.08 Å². The molecule has 0 aliphatic heterocycles. The van der Waals surface area contributed by atoms with Gasteiger partial charge in [0, 0.05) is 6.26 Å². The number of carbonyl (C=O) groups excluding carboxylic acids is 1. The van der Waals surface area contributed by atoms with Crippen LogP contribution >= 0.6 is 22.9 Å². The number of amides is 1. The summed E-state index contributed by atoms with van der Waals surface area (Å²) in [7, 11) is -3.54. The zero-order valence-corrected chi connectivity index (χ0v) is 19.4. The van der Waals surface area contributed by atoms with Gasteiger partial charge in [0.1, 0.15) is 24.0 Å². The van der Waals surface area contributed by atoms with Crippen molar-refractivity contribution in [1.82, 2.24) is 10.2 Å². The van der Waals surface area contributed by atoms with Gasteiger partial charge in [-0.2, -0.15) is 5.26 Å². The summed E-state index contributed by atoms with van der Waals surface area (Å²) in [6.45, 7) is 2.34. The lowest BCUT2D eigenvalue weighted by Crippen LogP contribution is -2.13. The van der Waals surface area contributed by atoms with Gasteiger partial charge in [-0.3, -0.25) is 10.1 Å². The topological polar surface area (TPSA) is 122 Å². The molecule has 0 aliphatic rings. The van der Waals surface area contributed by atoms with E-state index in [9.17, 15) is 18.5 Å². The third kappa shape index (κ3) is 5.91. The van der Waals surface area contributed by atoms with Gasteiger partial charge in [-0.1, -0.05) is 53.3 Å². The number of ether oxygens (including phenoxy) is 1. The average Bonchev–Trinajstić information content (AvgIpc) is 3.21. The second-order valence-electron chi connectivity index (χ2n) is 6.67. The molecule has 0 atom stereocenters. The molecule has 3 aromatic rings. The molecule has 0 saturated carbocycles. The van der Waals surface area contributed by atoms with Crippen molar-refractivity contribution < 1.29 is 17.9 Å². The van der Waals surface area contributed by atoms with Crippen molar-refractivity contribution >= 4 is 49.9 Å². The minimum atomic E-state index is -3.54. The molecule has 1 amide bonds. The van der Waals surface area contributed by atoms with Crippen LogP contribution in [-0.4, -0.2) is 30.8 Å². The van der Waals surface area contributed by atoms with Crippen LogP contribution in [-0.2, 0) is 21.2 Å². The maximum Gasteiger partial charge on any atom is 0.268 e. The number of aromatic nitrogens is 2. The lowest BCUT2D eigenvalue weighted by molar-refractivity contribution is -0.112. The van der Waals surface area contributed by atoms with Crippen LogP contribution in [0.1, 0.15) is 16.7 Å². The molecule has 0 bridgehead atoms. The molecule has 0 unspecified atom stereocenters. The molecule has 2 aromatic carbocycles. The molecular weight excluding hydrogens is 472 g/mol. The van der Waals surface area contributed by atoms with Crippen molar-refractivity contribution in [3.8, 4) is 11.8 Å². The highest BCUT2D eigenvalue weighted by atomic mass is 35.5. The molecule has 0 saturated heterocycles. The third-order valence-electron chi connectivity index (χ3n) is 4.22. The normalized spacial score (nSPS) is 11.6. The van der Waals surface area contributed by atoms with Gasteiger partial charge in [0.25, 0.3) is 5.91 Å². The van der Waals surface area contributed by atoms with Crippen molar-refractivity contribution in [2.75, 3.05) is 11.6 Å². The lowest BCUT2D eigenvalue weighted by Gasteiger charge is -2.10. The van der Waals surface area contributed by atoms with E-state index in [1.807, 2.05) is 37.3 Å². The highest BCUT2D eigenvalue weighted by Crippen LogP contribution is 2.28. The molecule has 1 N–H and O–H groups in total. The SMILES string of the molecule is Cc1ccccc1COc1ccc(/C=C(/C#N)C(=O)Nc2nnc(S(C)(=O)=O)s2)cc1Cl. The fourth-order valence-corrected chi connectivity index (χ4v) is 4.29. The second kappa shape index (κ2) is 9.91. The van der Waals surface area contributed by atoms with E-state index in [0.717, 1.165) is 17.4 Å². The van der Waals surface area contributed by atoms with E-state index in [-0.39, 0.29) is 15.0 Å². The van der Waals surface area contributed by atoms with E-state index in [1.54, 1.807) is 18.2 Å². The number of hydrogen-bond donors (Lipinski definition) is 1. The van der Waals surface area contributed by atoms with Crippen molar-refractivity contribution in [2.24, 2.45) is 0 Å². The third-order valence-corrected chi connectivity index (χ3v) is 7.02. The molecule has 3 rings (SSSR count). The minimum Gasteiger partial charge on any atom is -0.487 e. The number of nitrogens with zero attached hydrogens (tertiary/aromatic N) is 3. The van der Waals surface area contributed by atoms with Gasteiger partial charge in [0.05, 0.1) is 5.02 Å². The fourth-order valence-electron chi connectivity index (χ4n) is 2.54. The fraction of sp³-hybridized carbons (Fsp3) is 0.143. The first kappa shape index (κ1) is 23.4. The number of benzene rings is 2. The van der Waals surface area contributed by atoms with Crippen LogP contribution in [0.15, 0.2) is 52.4 Å². The van der Waals surface area contributed by atoms with E-state index in [4.69, 9.17) is 16.3 Å². The summed E-state index contributed by atoms with van der Waals surface area (Å²) in [6, 6.07) is 14.5. The molecule has 0 fully saturated rings. The molecule has 32 heavy (non-hydrogen) atoms. The van der Waals surface area contributed by atoms with Crippen molar-refractivity contribution in [1.29, 1.82) is 5.26 Å². The molecule has 164 valence electrons. The number of anilines is 1. The first-order valence-electron chi connectivity index (χ1n) is 9.11. The number of aryl methyl sites for hydroxylation is 1. The summed E-state index contributed by atoms with van der Waals surface area (Å²) in [4.78, 5) is 12.4. The Morgan fingerprint density at radius 2 is 2.03 bits per heavy atom. The Morgan fingerprint density at radius 1 is 1.28 bits per heavy atom. The highest BCUT2D eigenvalue weighted by molar-refractivity contribution is 7.92. The monoisotopic (exact) mass is 488 g/mol. The Hall–Kier alpha value is -3.26. The standard InChI is InChI=1S/C21H17ClN4O4S2/c1-13-5-3-4-6-15(13)12-30-18-8-7-14(10-17(18)22)9-16(11-23)19(27)24-20-25-26-21(31-20)32(2,28)29/h3-10H,12H2,1-2H3,(H,24,25,27)/b16-9-. The number of hydrogen-bond acceptors (Lipinski definition) is 8. The van der Waals surface area contributed by atoms with Gasteiger partial charge in [-0.05, 0) is 41.8 Å². The summed E-state index contributed by atoms with van der Waals surface area (Å²) >= 11 is 7.00. The predicted octanol–water partition coefficient (Wildman–Crippen LogP) is 4.03. The molecule has 11 heteroatoms. The van der Waals surface area contributed by atoms with Crippen molar-refractivity contribution in [2.45, 2.75) is 17.9 Å². The summed E-state index contributed by atoms with van der Waals surface area (Å²) in [5.41, 5.74) is 2.43. The first-order chi connectivity index (χ1) is 15.2. The maximum atomic E-state index is 12.4. The predicted molar refractivity (Wildman–Crippen MR) is 122 cm³/mol. The smallest absolute Gasteiger partial charge is 0.268 e. The van der Waals surface area contributed by atoms with Gasteiger partial charge in [0.2, 0.25) is 19.3 Å². The van der Waals surface area contributed by atoms with Crippen LogP contribution in [0.2, 0.25) is 5.02 Å². The molecule has 1 aromatic heterocycles. The summed E-state index contributed by atoms with van der Waals surface area (Å²) in [6.07, 6.45) is 2.34. The van der Waals surface area contributed by atoms with Crippen LogP contribution in [0.4, 0.5) is 5.13 Å². The van der Waals surface area contributed by atoms with Crippen LogP contribution in [0.3, 0.4) is 0 Å². The Bertz CT molecular complexity index is 1340. The van der Waals surface area contributed by atoms with E-state index < -0.39 is 15.7 Å². The molecular formula is C21H17ClN4O4S2. The molecule has 8 nitrogen and oxygen atoms in total. The highest BCUT2D eigenvalue weighted by Gasteiger charge is 2.17. The Labute approximate surface area is 194 Å². The van der Waals surface area contributed by atoms with E-state index in [0.29, 0.717) is 34.3 Å². The van der Waals surface area contributed by atoms with E-state index in [2.05, 4.69) is 15.5 Å². The molecule has 0 radical (unpaired) electrons. The van der Waals surface area contributed by atoms with Crippen molar-refractivity contribution in [3.63, 3.8) is 0 Å². The largest absolute Gasteiger partial charge is 0.487 e. The number of carbonyl (C=O) groups is 1. The number of nitriles is 1. The summed E-state index contributed by atoms with van der Waals surface area (Å²) in [5, 5.41) is 19.1. The molecule has 0 spiro atoms. The Morgan fingerprint density at radius 3 is 2.66 bits per heavy atom. The zero-order valence-electron chi connectivity index (χ0n) is 17.0. The van der Waals surface area contributed by atoms with Gasteiger partial charge in [-0.15, -0.1) is 10.2 Å². The second-order valence-corrected chi connectivity index (χ2v) is 10.2. The number of sulfone groups is 1. The average molecular weight is 489 g/mol. The quantitative estimate of drug-likeness (QED) is 0.302. The number of halogens is 1. The minimum absolute atomic E-state index is 0.0328. The summed E-state index contributed by atoms with van der Waals surface area (Å²) < 4.78 is 28.5. The van der Waals surface area contributed by atoms with Gasteiger partial charge in [-0.25, -0.2) is 8.42 Å². The summed E-state index contributed by atoms with van der Waals surface area (Å²) in [5.74, 6) is -0.281. The molecule has 0 aliphatic carbocycles. The van der Waals surface area contributed by atoms with Crippen LogP contribution in [0.5, 0.6) is 5.75 Å². The van der Waals surface area contributed by atoms with Crippen molar-refractivity contribution in [3.05, 3.63) is 69.8 Å². The van der Waals surface area contributed by atoms with Gasteiger partial charge >= 0.3 is 0 Å². The van der Waals surface area contributed by atoms with E-state index >= 15 is 0 Å². The lowest BCUT2D eigenvalue weighted by atomic mass is 10.1. The van der Waals surface area contributed by atoms with Gasteiger partial charge < -0.3 is 4.74 Å². The molecule has 1 heterocycles. The van der Waals surface area contributed by atoms with Crippen LogP contribution in [0, 0.1) is 18.3 Å².